The van der Waals surface area contributed by atoms with Gasteiger partial charge in [0.15, 0.2) is 0 Å². The third-order valence-corrected chi connectivity index (χ3v) is 5.34. The molecule has 0 aromatic rings. The van der Waals surface area contributed by atoms with Crippen molar-refractivity contribution >= 4 is 0 Å². The van der Waals surface area contributed by atoms with Crippen molar-refractivity contribution < 1.29 is 9.84 Å². The van der Waals surface area contributed by atoms with Crippen molar-refractivity contribution in [3.63, 3.8) is 0 Å². The molecular weight excluding hydrogens is 264 g/mol. The second-order valence-corrected chi connectivity index (χ2v) is 7.07. The highest BCUT2D eigenvalue weighted by Gasteiger charge is 2.38. The first-order chi connectivity index (χ1) is 10.2. The van der Waals surface area contributed by atoms with Gasteiger partial charge in [0.2, 0.25) is 0 Å². The molecule has 1 aliphatic carbocycles. The molecule has 3 unspecified atom stereocenters. The molecule has 3 atom stereocenters. The number of methoxy groups -OCH3 is 1. The van der Waals surface area contributed by atoms with Crippen LogP contribution in [0, 0.1) is 5.92 Å². The summed E-state index contributed by atoms with van der Waals surface area (Å²) in [4.78, 5) is 2.67. The minimum atomic E-state index is -0.0346. The van der Waals surface area contributed by atoms with Crippen LogP contribution >= 0.6 is 0 Å². The van der Waals surface area contributed by atoms with E-state index in [1.807, 2.05) is 7.11 Å². The van der Waals surface area contributed by atoms with Crippen molar-refractivity contribution in [3.8, 4) is 0 Å². The van der Waals surface area contributed by atoms with Crippen molar-refractivity contribution in [1.82, 2.24) is 10.2 Å². The molecule has 2 fully saturated rings. The van der Waals surface area contributed by atoms with Crippen LogP contribution in [0.25, 0.3) is 0 Å². The van der Waals surface area contributed by atoms with Gasteiger partial charge in [0.1, 0.15) is 0 Å². The molecular formula is C17H34N2O2. The highest BCUT2D eigenvalue weighted by molar-refractivity contribution is 4.97. The Morgan fingerprint density at radius 2 is 2.19 bits per heavy atom. The minimum Gasteiger partial charge on any atom is -0.394 e. The number of aliphatic hydroxyl groups excluding tert-OH is 1. The fourth-order valence-corrected chi connectivity index (χ4v) is 4.19. The van der Waals surface area contributed by atoms with E-state index in [1.165, 1.54) is 38.8 Å². The second kappa shape index (κ2) is 8.47. The molecule has 1 heterocycles. The first-order valence-electron chi connectivity index (χ1n) is 8.82. The van der Waals surface area contributed by atoms with Crippen molar-refractivity contribution in [2.45, 2.75) is 63.5 Å². The van der Waals surface area contributed by atoms with E-state index in [9.17, 15) is 5.11 Å². The van der Waals surface area contributed by atoms with Crippen LogP contribution in [0.5, 0.6) is 0 Å². The number of hydrogen-bond donors (Lipinski definition) is 2. The first-order valence-corrected chi connectivity index (χ1v) is 8.82. The molecule has 1 saturated carbocycles. The Bertz CT molecular complexity index is 299. The predicted molar refractivity (Wildman–Crippen MR) is 86.5 cm³/mol. The van der Waals surface area contributed by atoms with Gasteiger partial charge >= 0.3 is 0 Å². The lowest BCUT2D eigenvalue weighted by Crippen LogP contribution is -2.57. The number of hydrogen-bond acceptors (Lipinski definition) is 4. The monoisotopic (exact) mass is 298 g/mol. The third-order valence-electron chi connectivity index (χ3n) is 5.34. The number of piperidine rings is 1. The number of aliphatic hydroxyl groups is 1. The molecule has 2 rings (SSSR count). The predicted octanol–water partition coefficient (Wildman–Crippen LogP) is 2.02. The Morgan fingerprint density at radius 1 is 1.33 bits per heavy atom. The first kappa shape index (κ1) is 17.2. The molecule has 1 aliphatic heterocycles. The Hall–Kier alpha value is -0.160. The molecule has 2 N–H and O–H groups in total. The van der Waals surface area contributed by atoms with Crippen LogP contribution < -0.4 is 5.32 Å². The van der Waals surface area contributed by atoms with Crippen molar-refractivity contribution in [1.29, 1.82) is 0 Å². The van der Waals surface area contributed by atoms with Gasteiger partial charge in [0.25, 0.3) is 0 Å². The Kier molecular flexibility index (Phi) is 6.93. The molecule has 0 aromatic heterocycles. The molecule has 0 radical (unpaired) electrons. The van der Waals surface area contributed by atoms with Crippen LogP contribution in [-0.2, 0) is 4.74 Å². The van der Waals surface area contributed by atoms with Gasteiger partial charge in [-0.25, -0.2) is 0 Å². The van der Waals surface area contributed by atoms with Gasteiger partial charge in [0.05, 0.1) is 13.2 Å². The fraction of sp³-hybridized carbons (Fsp3) is 1.00. The molecule has 21 heavy (non-hydrogen) atoms. The van der Waals surface area contributed by atoms with Gasteiger partial charge in [-0.2, -0.15) is 0 Å². The maximum absolute atomic E-state index is 9.92. The zero-order valence-corrected chi connectivity index (χ0v) is 13.9. The lowest BCUT2D eigenvalue weighted by Gasteiger charge is -2.46. The lowest BCUT2D eigenvalue weighted by atomic mass is 9.78. The summed E-state index contributed by atoms with van der Waals surface area (Å²) in [5.41, 5.74) is -0.0346. The maximum Gasteiger partial charge on any atom is 0.0613 e. The summed E-state index contributed by atoms with van der Waals surface area (Å²) >= 11 is 0. The summed E-state index contributed by atoms with van der Waals surface area (Å²) < 4.78 is 5.35. The van der Waals surface area contributed by atoms with Crippen LogP contribution in [0.15, 0.2) is 0 Å². The molecule has 0 bridgehead atoms. The molecule has 4 heteroatoms. The summed E-state index contributed by atoms with van der Waals surface area (Å²) in [6.07, 6.45) is 8.46. The Balaban J connectivity index is 1.92. The van der Waals surface area contributed by atoms with E-state index in [-0.39, 0.29) is 12.1 Å². The number of rotatable bonds is 7. The summed E-state index contributed by atoms with van der Waals surface area (Å²) in [6, 6.07) is 0.634. The average Bonchev–Trinajstić information content (AvgIpc) is 2.54. The largest absolute Gasteiger partial charge is 0.394 e. The number of likely N-dealkylation sites (tertiary alicyclic amines) is 1. The summed E-state index contributed by atoms with van der Waals surface area (Å²) in [6.45, 7) is 6.77. The van der Waals surface area contributed by atoms with Crippen molar-refractivity contribution in [3.05, 3.63) is 0 Å². The highest BCUT2D eigenvalue weighted by atomic mass is 16.5. The fourth-order valence-electron chi connectivity index (χ4n) is 4.19. The summed E-state index contributed by atoms with van der Waals surface area (Å²) in [5, 5.41) is 13.6. The third kappa shape index (κ3) is 4.65. The van der Waals surface area contributed by atoms with E-state index in [4.69, 9.17) is 4.74 Å². The molecule has 124 valence electrons. The van der Waals surface area contributed by atoms with E-state index < -0.39 is 0 Å². The Labute approximate surface area is 130 Å². The van der Waals surface area contributed by atoms with E-state index >= 15 is 0 Å². The number of nitrogens with zero attached hydrogens (tertiary/aromatic N) is 1. The van der Waals surface area contributed by atoms with E-state index in [0.717, 1.165) is 32.4 Å². The normalized spacial score (nSPS) is 35.0. The maximum atomic E-state index is 9.92. The van der Waals surface area contributed by atoms with Crippen LogP contribution in [0.1, 0.15) is 51.9 Å². The van der Waals surface area contributed by atoms with Crippen LogP contribution in [0.3, 0.4) is 0 Å². The molecule has 0 aromatic carbocycles. The zero-order valence-electron chi connectivity index (χ0n) is 13.9. The standard InChI is InChI=1S/C17H34N2O2/c1-3-9-18-17(14-20)8-4-7-16(11-17)19-10-5-6-15(12-19)13-21-2/h15-16,18,20H,3-14H2,1-2H3. The van der Waals surface area contributed by atoms with Gasteiger partial charge in [-0.3, -0.25) is 4.90 Å². The van der Waals surface area contributed by atoms with Crippen LogP contribution in [0.4, 0.5) is 0 Å². The average molecular weight is 298 g/mol. The van der Waals surface area contributed by atoms with Gasteiger partial charge < -0.3 is 15.2 Å². The quantitative estimate of drug-likeness (QED) is 0.755. The van der Waals surface area contributed by atoms with Crippen molar-refractivity contribution in [2.75, 3.05) is 40.0 Å². The van der Waals surface area contributed by atoms with E-state index in [0.29, 0.717) is 12.0 Å². The minimum absolute atomic E-state index is 0.0346. The zero-order chi connectivity index (χ0) is 15.1. The Morgan fingerprint density at radius 3 is 2.90 bits per heavy atom. The number of nitrogens with one attached hydrogen (secondary N) is 1. The topological polar surface area (TPSA) is 44.7 Å². The smallest absolute Gasteiger partial charge is 0.0613 e. The van der Waals surface area contributed by atoms with Gasteiger partial charge in [-0.1, -0.05) is 6.92 Å². The highest BCUT2D eigenvalue weighted by Crippen LogP contribution is 2.33. The van der Waals surface area contributed by atoms with Crippen LogP contribution in [0.2, 0.25) is 0 Å². The van der Waals surface area contributed by atoms with Gasteiger partial charge in [-0.05, 0) is 64.0 Å². The molecule has 0 amide bonds. The SMILES string of the molecule is CCCNC1(CO)CCCC(N2CCCC(COC)C2)C1. The second-order valence-electron chi connectivity index (χ2n) is 7.07. The molecule has 1 saturated heterocycles. The molecule has 4 nitrogen and oxygen atoms in total. The number of ether oxygens (including phenoxy) is 1. The van der Waals surface area contributed by atoms with E-state index in [2.05, 4.69) is 17.1 Å². The molecule has 0 spiro atoms. The lowest BCUT2D eigenvalue weighted by molar-refractivity contribution is 0.0233. The van der Waals surface area contributed by atoms with Gasteiger partial charge in [-0.15, -0.1) is 0 Å². The van der Waals surface area contributed by atoms with E-state index in [1.54, 1.807) is 0 Å². The van der Waals surface area contributed by atoms with Crippen molar-refractivity contribution in [2.24, 2.45) is 5.92 Å². The summed E-state index contributed by atoms with van der Waals surface area (Å²) in [7, 11) is 1.81. The summed E-state index contributed by atoms with van der Waals surface area (Å²) in [5.74, 6) is 0.692. The van der Waals surface area contributed by atoms with Gasteiger partial charge in [0, 0.05) is 25.2 Å². The molecule has 2 aliphatic rings. The van der Waals surface area contributed by atoms with Crippen LogP contribution in [-0.4, -0.2) is 61.5 Å².